The Bertz CT molecular complexity index is 364. The molecule has 0 radical (unpaired) electrons. The van der Waals surface area contributed by atoms with Crippen LogP contribution in [0, 0.1) is 6.92 Å². The van der Waals surface area contributed by atoms with Gasteiger partial charge in [0.25, 0.3) is 5.56 Å². The van der Waals surface area contributed by atoms with E-state index in [2.05, 4.69) is 9.97 Å². The van der Waals surface area contributed by atoms with Crippen LogP contribution in [0.25, 0.3) is 0 Å². The summed E-state index contributed by atoms with van der Waals surface area (Å²) in [5.74, 6) is 1.25. The maximum absolute atomic E-state index is 11.3. The maximum Gasteiger partial charge on any atom is 0.251 e. The van der Waals surface area contributed by atoms with Crippen LogP contribution in [0.15, 0.2) is 10.9 Å². The molecular weight excluding hydrogens is 176 g/mol. The summed E-state index contributed by atoms with van der Waals surface area (Å²) in [4.78, 5) is 18.3. The Labute approximate surface area is 83.6 Å². The summed E-state index contributed by atoms with van der Waals surface area (Å²) in [5, 5.41) is 0. The largest absolute Gasteiger partial charge is 0.311 e. The molecule has 1 heterocycles. The van der Waals surface area contributed by atoms with Gasteiger partial charge < -0.3 is 4.98 Å². The Kier molecular flexibility index (Phi) is 2.66. The molecule has 0 saturated heterocycles. The zero-order chi connectivity index (χ0) is 9.97. The highest BCUT2D eigenvalue weighted by molar-refractivity contribution is 5.09. The van der Waals surface area contributed by atoms with E-state index >= 15 is 0 Å². The highest BCUT2D eigenvalue weighted by Crippen LogP contribution is 2.30. The Morgan fingerprint density at radius 2 is 2.07 bits per heavy atom. The van der Waals surface area contributed by atoms with Crippen LogP contribution in [0.3, 0.4) is 0 Å². The fourth-order valence-corrected chi connectivity index (χ4v) is 2.21. The van der Waals surface area contributed by atoms with Gasteiger partial charge in [-0.15, -0.1) is 0 Å². The Balaban J connectivity index is 2.26. The molecule has 1 aliphatic rings. The van der Waals surface area contributed by atoms with Crippen LogP contribution in [0.1, 0.15) is 49.5 Å². The van der Waals surface area contributed by atoms with Crippen molar-refractivity contribution < 1.29 is 0 Å². The van der Waals surface area contributed by atoms with Gasteiger partial charge in [0.2, 0.25) is 0 Å². The number of rotatable bonds is 1. The lowest BCUT2D eigenvalue weighted by Gasteiger charge is -2.20. The van der Waals surface area contributed by atoms with Gasteiger partial charge in [-0.2, -0.15) is 0 Å². The van der Waals surface area contributed by atoms with Crippen molar-refractivity contribution in [3.63, 3.8) is 0 Å². The number of nitrogens with one attached hydrogen (secondary N) is 1. The van der Waals surface area contributed by atoms with Crippen molar-refractivity contribution in [1.29, 1.82) is 0 Å². The molecule has 1 N–H and O–H groups in total. The number of hydrogen-bond acceptors (Lipinski definition) is 2. The second-order valence-electron chi connectivity index (χ2n) is 4.09. The molecule has 0 amide bonds. The number of aryl methyl sites for hydroxylation is 1. The van der Waals surface area contributed by atoms with Crippen LogP contribution in [0.5, 0.6) is 0 Å². The molecule has 3 heteroatoms. The van der Waals surface area contributed by atoms with Crippen LogP contribution < -0.4 is 5.56 Å². The molecular formula is C11H16N2O. The van der Waals surface area contributed by atoms with Gasteiger partial charge in [0, 0.05) is 12.0 Å². The summed E-state index contributed by atoms with van der Waals surface area (Å²) in [7, 11) is 0. The summed E-state index contributed by atoms with van der Waals surface area (Å²) >= 11 is 0. The number of aromatic amines is 1. The molecule has 1 aliphatic carbocycles. The zero-order valence-corrected chi connectivity index (χ0v) is 8.55. The molecule has 2 rings (SSSR count). The summed E-state index contributed by atoms with van der Waals surface area (Å²) in [5.41, 5.74) is 0.976. The van der Waals surface area contributed by atoms with Gasteiger partial charge in [0.05, 0.1) is 5.69 Å². The molecule has 0 aliphatic heterocycles. The fourth-order valence-electron chi connectivity index (χ4n) is 2.21. The second kappa shape index (κ2) is 3.95. The third kappa shape index (κ3) is 2.03. The Morgan fingerprint density at radius 1 is 1.36 bits per heavy atom. The number of aromatic nitrogens is 2. The van der Waals surface area contributed by atoms with Gasteiger partial charge in [-0.25, -0.2) is 4.98 Å². The van der Waals surface area contributed by atoms with E-state index in [1.54, 1.807) is 6.07 Å². The Morgan fingerprint density at radius 3 is 2.71 bits per heavy atom. The summed E-state index contributed by atoms with van der Waals surface area (Å²) in [6.45, 7) is 1.84. The monoisotopic (exact) mass is 192 g/mol. The summed E-state index contributed by atoms with van der Waals surface area (Å²) < 4.78 is 0. The van der Waals surface area contributed by atoms with E-state index in [-0.39, 0.29) is 5.56 Å². The third-order valence-electron chi connectivity index (χ3n) is 2.90. The van der Waals surface area contributed by atoms with Crippen LogP contribution in [-0.4, -0.2) is 9.97 Å². The highest BCUT2D eigenvalue weighted by Gasteiger charge is 2.17. The van der Waals surface area contributed by atoms with Crippen LogP contribution >= 0.6 is 0 Å². The van der Waals surface area contributed by atoms with Gasteiger partial charge in [0.1, 0.15) is 5.82 Å². The fraction of sp³-hybridized carbons (Fsp3) is 0.636. The molecule has 0 aromatic carbocycles. The molecule has 0 atom stereocenters. The molecule has 76 valence electrons. The van der Waals surface area contributed by atoms with Crippen molar-refractivity contribution in [2.45, 2.75) is 44.9 Å². The van der Waals surface area contributed by atoms with E-state index in [0.29, 0.717) is 5.92 Å². The smallest absolute Gasteiger partial charge is 0.251 e. The van der Waals surface area contributed by atoms with E-state index in [1.807, 2.05) is 6.92 Å². The first-order valence-corrected chi connectivity index (χ1v) is 5.33. The molecule has 0 spiro atoms. The lowest BCUT2D eigenvalue weighted by Crippen LogP contribution is -2.14. The molecule has 0 unspecified atom stereocenters. The number of nitrogens with zero attached hydrogens (tertiary/aromatic N) is 1. The molecule has 1 aromatic heterocycles. The SMILES string of the molecule is Cc1nc(C2CCCCC2)cc(=O)[nH]1. The highest BCUT2D eigenvalue weighted by atomic mass is 16.1. The predicted octanol–water partition coefficient (Wildman–Crippen LogP) is 2.13. The van der Waals surface area contributed by atoms with Crippen molar-refractivity contribution in [3.8, 4) is 0 Å². The quantitative estimate of drug-likeness (QED) is 0.740. The van der Waals surface area contributed by atoms with Gasteiger partial charge >= 0.3 is 0 Å². The van der Waals surface area contributed by atoms with E-state index in [9.17, 15) is 4.79 Å². The van der Waals surface area contributed by atoms with Crippen molar-refractivity contribution in [2.24, 2.45) is 0 Å². The van der Waals surface area contributed by atoms with Crippen LogP contribution in [0.2, 0.25) is 0 Å². The first kappa shape index (κ1) is 9.44. The molecule has 14 heavy (non-hydrogen) atoms. The summed E-state index contributed by atoms with van der Waals surface area (Å²) in [6, 6.07) is 1.66. The van der Waals surface area contributed by atoms with Crippen molar-refractivity contribution >= 4 is 0 Å². The average molecular weight is 192 g/mol. The second-order valence-corrected chi connectivity index (χ2v) is 4.09. The Hall–Kier alpha value is -1.12. The predicted molar refractivity (Wildman–Crippen MR) is 55.4 cm³/mol. The number of hydrogen-bond donors (Lipinski definition) is 1. The summed E-state index contributed by atoms with van der Waals surface area (Å²) in [6.07, 6.45) is 6.26. The topological polar surface area (TPSA) is 45.8 Å². The average Bonchev–Trinajstić information content (AvgIpc) is 2.18. The molecule has 1 saturated carbocycles. The lowest BCUT2D eigenvalue weighted by atomic mass is 9.87. The molecule has 3 nitrogen and oxygen atoms in total. The maximum atomic E-state index is 11.3. The van der Waals surface area contributed by atoms with Gasteiger partial charge in [0.15, 0.2) is 0 Å². The lowest BCUT2D eigenvalue weighted by molar-refractivity contribution is 0.435. The minimum atomic E-state index is -0.0157. The van der Waals surface area contributed by atoms with Crippen LogP contribution in [0.4, 0.5) is 0 Å². The van der Waals surface area contributed by atoms with Crippen molar-refractivity contribution in [1.82, 2.24) is 9.97 Å². The minimum absolute atomic E-state index is 0.0157. The minimum Gasteiger partial charge on any atom is -0.311 e. The first-order valence-electron chi connectivity index (χ1n) is 5.33. The molecule has 1 fully saturated rings. The number of H-pyrrole nitrogens is 1. The normalized spacial score (nSPS) is 18.4. The van der Waals surface area contributed by atoms with Gasteiger partial charge in [-0.1, -0.05) is 19.3 Å². The van der Waals surface area contributed by atoms with Crippen LogP contribution in [-0.2, 0) is 0 Å². The molecule has 0 bridgehead atoms. The van der Waals surface area contributed by atoms with Crippen molar-refractivity contribution in [2.75, 3.05) is 0 Å². The van der Waals surface area contributed by atoms with Crippen molar-refractivity contribution in [3.05, 3.63) is 27.9 Å². The first-order chi connectivity index (χ1) is 6.75. The van der Waals surface area contributed by atoms with Gasteiger partial charge in [-0.3, -0.25) is 4.79 Å². The van der Waals surface area contributed by atoms with E-state index in [1.165, 1.54) is 32.1 Å². The van der Waals surface area contributed by atoms with E-state index < -0.39 is 0 Å². The zero-order valence-electron chi connectivity index (χ0n) is 8.55. The third-order valence-corrected chi connectivity index (χ3v) is 2.90. The molecule has 1 aromatic rings. The van der Waals surface area contributed by atoms with E-state index in [0.717, 1.165) is 11.5 Å². The van der Waals surface area contributed by atoms with E-state index in [4.69, 9.17) is 0 Å². The van der Waals surface area contributed by atoms with Gasteiger partial charge in [-0.05, 0) is 19.8 Å². The standard InChI is InChI=1S/C11H16N2O/c1-8-12-10(7-11(14)13-8)9-5-3-2-4-6-9/h7,9H,2-6H2,1H3,(H,12,13,14).